The molecule has 1 fully saturated rings. The SMILES string of the molecule is CCOc1ccc2nc(Cl)c(CN(CCc3ccc(OC)cc3)C(=O)C3CC3)cc2c1. The summed E-state index contributed by atoms with van der Waals surface area (Å²) >= 11 is 6.50. The molecule has 0 atom stereocenters. The van der Waals surface area contributed by atoms with Gasteiger partial charge in [0, 0.05) is 30.0 Å². The summed E-state index contributed by atoms with van der Waals surface area (Å²) in [6.07, 6.45) is 2.72. The van der Waals surface area contributed by atoms with Crippen LogP contribution < -0.4 is 9.47 Å². The zero-order valence-electron chi connectivity index (χ0n) is 17.9. The number of amides is 1. The average molecular weight is 439 g/mol. The number of hydrogen-bond acceptors (Lipinski definition) is 4. The molecule has 1 amide bonds. The molecule has 0 saturated heterocycles. The van der Waals surface area contributed by atoms with Gasteiger partial charge in [0.15, 0.2) is 0 Å². The fourth-order valence-electron chi connectivity index (χ4n) is 3.66. The predicted octanol–water partition coefficient (Wildman–Crippen LogP) is 5.28. The molecule has 3 aromatic rings. The summed E-state index contributed by atoms with van der Waals surface area (Å²) < 4.78 is 10.8. The Hall–Kier alpha value is -2.79. The second-order valence-corrected chi connectivity index (χ2v) is 8.22. The van der Waals surface area contributed by atoms with Crippen LogP contribution in [0.3, 0.4) is 0 Å². The Bertz CT molecular complexity index is 1060. The van der Waals surface area contributed by atoms with Crippen LogP contribution in [0.25, 0.3) is 10.9 Å². The second kappa shape index (κ2) is 9.56. The fourth-order valence-corrected chi connectivity index (χ4v) is 3.87. The van der Waals surface area contributed by atoms with Gasteiger partial charge in [-0.25, -0.2) is 4.98 Å². The zero-order valence-corrected chi connectivity index (χ0v) is 18.7. The first-order valence-corrected chi connectivity index (χ1v) is 11.1. The van der Waals surface area contributed by atoms with E-state index in [1.807, 2.05) is 60.4 Å². The van der Waals surface area contributed by atoms with Crippen molar-refractivity contribution in [1.82, 2.24) is 9.88 Å². The second-order valence-electron chi connectivity index (χ2n) is 7.86. The molecule has 1 heterocycles. The van der Waals surface area contributed by atoms with Gasteiger partial charge in [-0.15, -0.1) is 0 Å². The van der Waals surface area contributed by atoms with Crippen LogP contribution >= 0.6 is 11.6 Å². The van der Waals surface area contributed by atoms with Gasteiger partial charge in [0.05, 0.1) is 19.2 Å². The van der Waals surface area contributed by atoms with Gasteiger partial charge in [-0.3, -0.25) is 4.79 Å². The third kappa shape index (κ3) is 5.28. The van der Waals surface area contributed by atoms with E-state index in [0.717, 1.165) is 47.2 Å². The molecule has 0 spiro atoms. The Morgan fingerprint density at radius 2 is 1.87 bits per heavy atom. The van der Waals surface area contributed by atoms with E-state index in [4.69, 9.17) is 21.1 Å². The van der Waals surface area contributed by atoms with Crippen LogP contribution in [0.2, 0.25) is 5.15 Å². The molecule has 1 saturated carbocycles. The molecule has 4 rings (SSSR count). The van der Waals surface area contributed by atoms with Crippen molar-refractivity contribution in [2.45, 2.75) is 32.7 Å². The number of carbonyl (C=O) groups excluding carboxylic acids is 1. The van der Waals surface area contributed by atoms with E-state index in [2.05, 4.69) is 4.98 Å². The van der Waals surface area contributed by atoms with Crippen LogP contribution in [0.4, 0.5) is 0 Å². The molecule has 2 aromatic carbocycles. The van der Waals surface area contributed by atoms with Gasteiger partial charge in [0.2, 0.25) is 5.91 Å². The van der Waals surface area contributed by atoms with Crippen LogP contribution in [-0.2, 0) is 17.8 Å². The molecule has 1 aliphatic carbocycles. The third-order valence-electron chi connectivity index (χ3n) is 5.55. The minimum Gasteiger partial charge on any atom is -0.497 e. The molecule has 0 bridgehead atoms. The normalized spacial score (nSPS) is 13.3. The highest BCUT2D eigenvalue weighted by atomic mass is 35.5. The lowest BCUT2D eigenvalue weighted by molar-refractivity contribution is -0.133. The van der Waals surface area contributed by atoms with Crippen LogP contribution in [0.1, 0.15) is 30.9 Å². The van der Waals surface area contributed by atoms with Gasteiger partial charge in [-0.2, -0.15) is 0 Å². The van der Waals surface area contributed by atoms with Crippen LogP contribution in [-0.4, -0.2) is 36.1 Å². The summed E-state index contributed by atoms with van der Waals surface area (Å²) in [6, 6.07) is 15.8. The first-order chi connectivity index (χ1) is 15.1. The van der Waals surface area contributed by atoms with Crippen molar-refractivity contribution in [2.75, 3.05) is 20.3 Å². The maximum absolute atomic E-state index is 13.0. The van der Waals surface area contributed by atoms with Crippen molar-refractivity contribution in [3.05, 3.63) is 64.8 Å². The number of ether oxygens (including phenoxy) is 2. The predicted molar refractivity (Wildman–Crippen MR) is 123 cm³/mol. The standard InChI is InChI=1S/C25H27ClN2O3/c1-3-31-22-10-11-23-19(15-22)14-20(24(26)27-23)16-28(25(29)18-6-7-18)13-12-17-4-8-21(30-2)9-5-17/h4-5,8-11,14-15,18H,3,6-7,12-13,16H2,1-2H3. The monoisotopic (exact) mass is 438 g/mol. The largest absolute Gasteiger partial charge is 0.497 e. The Morgan fingerprint density at radius 3 is 2.55 bits per heavy atom. The molecule has 0 radical (unpaired) electrons. The number of fused-ring (bicyclic) bond motifs is 1. The van der Waals surface area contributed by atoms with Gasteiger partial charge in [-0.05, 0) is 68.1 Å². The van der Waals surface area contributed by atoms with Gasteiger partial charge in [-0.1, -0.05) is 23.7 Å². The van der Waals surface area contributed by atoms with Gasteiger partial charge in [0.1, 0.15) is 16.7 Å². The number of benzene rings is 2. The number of rotatable bonds is 9. The summed E-state index contributed by atoms with van der Waals surface area (Å²) in [5.41, 5.74) is 2.83. The lowest BCUT2D eigenvalue weighted by Crippen LogP contribution is -2.33. The average Bonchev–Trinajstić information content (AvgIpc) is 3.63. The Labute approximate surface area is 187 Å². The number of hydrogen-bond donors (Lipinski definition) is 0. The summed E-state index contributed by atoms with van der Waals surface area (Å²) in [5.74, 6) is 1.98. The highest BCUT2D eigenvalue weighted by molar-refractivity contribution is 6.30. The van der Waals surface area contributed by atoms with E-state index >= 15 is 0 Å². The molecule has 6 heteroatoms. The maximum Gasteiger partial charge on any atom is 0.225 e. The third-order valence-corrected chi connectivity index (χ3v) is 5.88. The number of nitrogens with zero attached hydrogens (tertiary/aromatic N) is 2. The van der Waals surface area contributed by atoms with E-state index < -0.39 is 0 Å². The molecular formula is C25H27ClN2O3. The summed E-state index contributed by atoms with van der Waals surface area (Å²) in [7, 11) is 1.66. The first kappa shape index (κ1) is 21.4. The van der Waals surface area contributed by atoms with E-state index in [1.54, 1.807) is 7.11 Å². The van der Waals surface area contributed by atoms with Gasteiger partial charge in [0.25, 0.3) is 0 Å². The van der Waals surface area contributed by atoms with Crippen LogP contribution in [0.5, 0.6) is 11.5 Å². The quantitative estimate of drug-likeness (QED) is 0.426. The molecule has 5 nitrogen and oxygen atoms in total. The lowest BCUT2D eigenvalue weighted by Gasteiger charge is -2.23. The van der Waals surface area contributed by atoms with E-state index in [-0.39, 0.29) is 11.8 Å². The number of carbonyl (C=O) groups is 1. The lowest BCUT2D eigenvalue weighted by atomic mass is 10.1. The molecule has 0 unspecified atom stereocenters. The van der Waals surface area contributed by atoms with E-state index in [1.165, 1.54) is 5.56 Å². The van der Waals surface area contributed by atoms with Crippen molar-refractivity contribution in [3.8, 4) is 11.5 Å². The molecular weight excluding hydrogens is 412 g/mol. The molecule has 0 N–H and O–H groups in total. The summed E-state index contributed by atoms with van der Waals surface area (Å²) in [5, 5.41) is 1.40. The molecule has 1 aromatic heterocycles. The minimum atomic E-state index is 0.146. The number of aromatic nitrogens is 1. The molecule has 1 aliphatic rings. The van der Waals surface area contributed by atoms with Gasteiger partial charge < -0.3 is 14.4 Å². The highest BCUT2D eigenvalue weighted by Gasteiger charge is 2.33. The highest BCUT2D eigenvalue weighted by Crippen LogP contribution is 2.32. The van der Waals surface area contributed by atoms with Crippen molar-refractivity contribution in [3.63, 3.8) is 0 Å². The smallest absolute Gasteiger partial charge is 0.225 e. The van der Waals surface area contributed by atoms with Crippen molar-refractivity contribution >= 4 is 28.4 Å². The molecule has 0 aliphatic heterocycles. The van der Waals surface area contributed by atoms with Crippen LogP contribution in [0.15, 0.2) is 48.5 Å². The Balaban J connectivity index is 1.54. The molecule has 162 valence electrons. The summed E-state index contributed by atoms with van der Waals surface area (Å²) in [4.78, 5) is 19.4. The van der Waals surface area contributed by atoms with Crippen molar-refractivity contribution in [2.24, 2.45) is 5.92 Å². The van der Waals surface area contributed by atoms with Crippen molar-refractivity contribution < 1.29 is 14.3 Å². The van der Waals surface area contributed by atoms with E-state index in [0.29, 0.717) is 24.8 Å². The zero-order chi connectivity index (χ0) is 21.8. The Morgan fingerprint density at radius 1 is 1.13 bits per heavy atom. The number of methoxy groups -OCH3 is 1. The minimum absolute atomic E-state index is 0.146. The van der Waals surface area contributed by atoms with Crippen molar-refractivity contribution in [1.29, 1.82) is 0 Å². The topological polar surface area (TPSA) is 51.7 Å². The summed E-state index contributed by atoms with van der Waals surface area (Å²) in [6.45, 7) is 3.65. The number of halogens is 1. The molecule has 31 heavy (non-hydrogen) atoms. The fraction of sp³-hybridized carbons (Fsp3) is 0.360. The maximum atomic E-state index is 13.0. The van der Waals surface area contributed by atoms with E-state index in [9.17, 15) is 4.79 Å². The van der Waals surface area contributed by atoms with Crippen LogP contribution in [0, 0.1) is 5.92 Å². The number of pyridine rings is 1. The first-order valence-electron chi connectivity index (χ1n) is 10.7. The Kier molecular flexibility index (Phi) is 6.62. The van der Waals surface area contributed by atoms with Gasteiger partial charge >= 0.3 is 0 Å².